The summed E-state index contributed by atoms with van der Waals surface area (Å²) in [6.07, 6.45) is 3.79. The number of benzene rings is 2. The molecule has 0 unspecified atom stereocenters. The predicted octanol–water partition coefficient (Wildman–Crippen LogP) is 4.85. The largest absolute Gasteiger partial charge is 0.288 e. The zero-order chi connectivity index (χ0) is 15.9. The number of nitrogens with zero attached hydrogens (tertiary/aromatic N) is 2. The summed E-state index contributed by atoms with van der Waals surface area (Å²) in [5.74, 6) is 0. The van der Waals surface area contributed by atoms with E-state index < -0.39 is 0 Å². The van der Waals surface area contributed by atoms with E-state index in [1.54, 1.807) is 0 Å². The fourth-order valence-electron chi connectivity index (χ4n) is 2.80. The molecule has 2 heteroatoms. The lowest BCUT2D eigenvalue weighted by Gasteiger charge is -2.29. The van der Waals surface area contributed by atoms with Crippen LogP contribution in [-0.2, 0) is 13.1 Å². The highest BCUT2D eigenvalue weighted by Crippen LogP contribution is 2.24. The summed E-state index contributed by atoms with van der Waals surface area (Å²) in [5, 5.41) is 0. The third kappa shape index (κ3) is 4.27. The average Bonchev–Trinajstić information content (AvgIpc) is 2.63. The normalized spacial score (nSPS) is 12.3. The maximum absolute atomic E-state index is 4.28. The van der Waals surface area contributed by atoms with Gasteiger partial charge in [0.2, 0.25) is 0 Å². The van der Waals surface area contributed by atoms with E-state index in [0.29, 0.717) is 6.04 Å². The molecule has 0 aliphatic heterocycles. The molecule has 0 saturated heterocycles. The van der Waals surface area contributed by atoms with Gasteiger partial charge in [-0.25, -0.2) is 0 Å². The monoisotopic (exact) mass is 302 g/mol. The molecule has 0 fully saturated rings. The van der Waals surface area contributed by atoms with Crippen LogP contribution in [0.3, 0.4) is 0 Å². The molecule has 3 aromatic rings. The van der Waals surface area contributed by atoms with Crippen molar-refractivity contribution in [2.45, 2.75) is 26.1 Å². The molecule has 0 aliphatic rings. The van der Waals surface area contributed by atoms with E-state index in [-0.39, 0.29) is 0 Å². The molecule has 23 heavy (non-hydrogen) atoms. The molecule has 1 heterocycles. The van der Waals surface area contributed by atoms with Crippen LogP contribution in [0.1, 0.15) is 29.7 Å². The molecule has 0 aliphatic carbocycles. The summed E-state index contributed by atoms with van der Waals surface area (Å²) in [4.78, 5) is 6.76. The molecular weight excluding hydrogens is 280 g/mol. The predicted molar refractivity (Wildman–Crippen MR) is 94.8 cm³/mol. The summed E-state index contributed by atoms with van der Waals surface area (Å²) in [5.41, 5.74) is 3.91. The van der Waals surface area contributed by atoms with Crippen molar-refractivity contribution in [3.8, 4) is 0 Å². The van der Waals surface area contributed by atoms with Crippen LogP contribution in [0.25, 0.3) is 0 Å². The molecule has 0 radical (unpaired) electrons. The first-order valence-corrected chi connectivity index (χ1v) is 8.05. The van der Waals surface area contributed by atoms with Gasteiger partial charge in [-0.05, 0) is 29.7 Å². The molecule has 1 atom stereocenters. The van der Waals surface area contributed by atoms with Crippen LogP contribution in [0.4, 0.5) is 0 Å². The van der Waals surface area contributed by atoms with Crippen molar-refractivity contribution in [1.29, 1.82) is 0 Å². The van der Waals surface area contributed by atoms with Gasteiger partial charge in [0.1, 0.15) is 0 Å². The minimum absolute atomic E-state index is 0.309. The lowest BCUT2D eigenvalue weighted by atomic mass is 10.1. The highest BCUT2D eigenvalue weighted by Gasteiger charge is 2.16. The second-order valence-electron chi connectivity index (χ2n) is 5.84. The van der Waals surface area contributed by atoms with E-state index in [2.05, 4.69) is 83.5 Å². The van der Waals surface area contributed by atoms with Gasteiger partial charge in [-0.1, -0.05) is 66.7 Å². The van der Waals surface area contributed by atoms with Gasteiger partial charge in [0, 0.05) is 31.5 Å². The number of hydrogen-bond acceptors (Lipinski definition) is 2. The third-order valence-corrected chi connectivity index (χ3v) is 4.17. The maximum Gasteiger partial charge on any atom is 0.0342 e. The Bertz CT molecular complexity index is 654. The molecule has 0 bridgehead atoms. The van der Waals surface area contributed by atoms with E-state index in [0.717, 1.165) is 13.1 Å². The zero-order valence-corrected chi connectivity index (χ0v) is 13.5. The van der Waals surface area contributed by atoms with E-state index in [1.165, 1.54) is 16.7 Å². The van der Waals surface area contributed by atoms with Crippen molar-refractivity contribution < 1.29 is 0 Å². The molecule has 0 spiro atoms. The Morgan fingerprint density at radius 3 is 1.83 bits per heavy atom. The minimum atomic E-state index is 0.309. The Hall–Kier alpha value is -2.45. The standard InChI is InChI=1S/C21H22N2/c1-18(21-13-8-14-22-15-21)23(16-19-9-4-2-5-10-19)17-20-11-6-3-7-12-20/h2-15,18H,16-17H2,1H3/t18-/m0/s1. The number of aromatic nitrogens is 1. The lowest BCUT2D eigenvalue weighted by molar-refractivity contribution is 0.192. The molecular formula is C21H22N2. The fraction of sp³-hybridized carbons (Fsp3) is 0.190. The lowest BCUT2D eigenvalue weighted by Crippen LogP contribution is -2.26. The van der Waals surface area contributed by atoms with Gasteiger partial charge >= 0.3 is 0 Å². The van der Waals surface area contributed by atoms with Gasteiger partial charge in [0.15, 0.2) is 0 Å². The molecule has 1 aromatic heterocycles. The van der Waals surface area contributed by atoms with Gasteiger partial charge in [-0.15, -0.1) is 0 Å². The first-order valence-electron chi connectivity index (χ1n) is 8.05. The molecule has 0 amide bonds. The van der Waals surface area contributed by atoms with Gasteiger partial charge in [-0.2, -0.15) is 0 Å². The smallest absolute Gasteiger partial charge is 0.0342 e. The highest BCUT2D eigenvalue weighted by atomic mass is 15.1. The van der Waals surface area contributed by atoms with Crippen LogP contribution in [0.5, 0.6) is 0 Å². The maximum atomic E-state index is 4.28. The van der Waals surface area contributed by atoms with Crippen molar-refractivity contribution in [2.75, 3.05) is 0 Å². The first-order chi connectivity index (χ1) is 11.3. The van der Waals surface area contributed by atoms with Gasteiger partial charge in [0.05, 0.1) is 0 Å². The molecule has 3 rings (SSSR count). The summed E-state index contributed by atoms with van der Waals surface area (Å²) < 4.78 is 0. The summed E-state index contributed by atoms with van der Waals surface area (Å²) in [6, 6.07) is 25.8. The van der Waals surface area contributed by atoms with E-state index in [9.17, 15) is 0 Å². The summed E-state index contributed by atoms with van der Waals surface area (Å²) in [7, 11) is 0. The average molecular weight is 302 g/mol. The van der Waals surface area contributed by atoms with Crippen molar-refractivity contribution in [3.63, 3.8) is 0 Å². The van der Waals surface area contributed by atoms with Gasteiger partial charge < -0.3 is 0 Å². The quantitative estimate of drug-likeness (QED) is 0.647. The van der Waals surface area contributed by atoms with Crippen LogP contribution >= 0.6 is 0 Å². The van der Waals surface area contributed by atoms with Crippen molar-refractivity contribution >= 4 is 0 Å². The van der Waals surface area contributed by atoms with Gasteiger partial charge in [0.25, 0.3) is 0 Å². The topological polar surface area (TPSA) is 16.1 Å². The van der Waals surface area contributed by atoms with Gasteiger partial charge in [-0.3, -0.25) is 9.88 Å². The Balaban J connectivity index is 1.83. The Morgan fingerprint density at radius 2 is 1.35 bits per heavy atom. The first kappa shape index (κ1) is 15.4. The number of pyridine rings is 1. The second kappa shape index (κ2) is 7.70. The van der Waals surface area contributed by atoms with Crippen LogP contribution in [-0.4, -0.2) is 9.88 Å². The summed E-state index contributed by atoms with van der Waals surface area (Å²) in [6.45, 7) is 4.10. The number of hydrogen-bond donors (Lipinski definition) is 0. The molecule has 0 saturated carbocycles. The van der Waals surface area contributed by atoms with Crippen molar-refractivity contribution in [1.82, 2.24) is 9.88 Å². The highest BCUT2D eigenvalue weighted by molar-refractivity contribution is 5.19. The molecule has 0 N–H and O–H groups in total. The Labute approximate surface area is 138 Å². The number of rotatable bonds is 6. The minimum Gasteiger partial charge on any atom is -0.288 e. The van der Waals surface area contributed by atoms with Crippen molar-refractivity contribution in [2.24, 2.45) is 0 Å². The SMILES string of the molecule is C[C@@H](c1cccnc1)N(Cc1ccccc1)Cc1ccccc1. The van der Waals surface area contributed by atoms with E-state index in [1.807, 2.05) is 18.5 Å². The van der Waals surface area contributed by atoms with E-state index >= 15 is 0 Å². The fourth-order valence-corrected chi connectivity index (χ4v) is 2.80. The molecule has 116 valence electrons. The second-order valence-corrected chi connectivity index (χ2v) is 5.84. The zero-order valence-electron chi connectivity index (χ0n) is 13.5. The van der Waals surface area contributed by atoms with Crippen LogP contribution in [0.2, 0.25) is 0 Å². The third-order valence-electron chi connectivity index (χ3n) is 4.17. The Kier molecular flexibility index (Phi) is 5.17. The molecule has 2 aromatic carbocycles. The molecule has 2 nitrogen and oxygen atoms in total. The van der Waals surface area contributed by atoms with Crippen molar-refractivity contribution in [3.05, 3.63) is 102 Å². The van der Waals surface area contributed by atoms with Crippen LogP contribution < -0.4 is 0 Å². The van der Waals surface area contributed by atoms with Crippen LogP contribution in [0, 0.1) is 0 Å². The van der Waals surface area contributed by atoms with E-state index in [4.69, 9.17) is 0 Å². The summed E-state index contributed by atoms with van der Waals surface area (Å²) >= 11 is 0. The Morgan fingerprint density at radius 1 is 0.783 bits per heavy atom. The van der Waals surface area contributed by atoms with Crippen LogP contribution in [0.15, 0.2) is 85.2 Å².